The van der Waals surface area contributed by atoms with Gasteiger partial charge in [0.2, 0.25) is 0 Å². The van der Waals surface area contributed by atoms with Gasteiger partial charge in [-0.2, -0.15) is 0 Å². The average Bonchev–Trinajstić information content (AvgIpc) is 2.59. The van der Waals surface area contributed by atoms with Crippen LogP contribution < -0.4 is 15.4 Å². The molecule has 0 saturated heterocycles. The van der Waals surface area contributed by atoms with Crippen molar-refractivity contribution in [2.45, 2.75) is 6.92 Å². The number of anilines is 2. The molecule has 0 bridgehead atoms. The molecule has 0 aliphatic carbocycles. The van der Waals surface area contributed by atoms with Gasteiger partial charge in [0.05, 0.1) is 12.8 Å². The van der Waals surface area contributed by atoms with Gasteiger partial charge >= 0.3 is 0 Å². The van der Waals surface area contributed by atoms with Crippen LogP contribution in [0.4, 0.5) is 11.4 Å². The lowest BCUT2D eigenvalue weighted by molar-refractivity contribution is -0.120. The first kappa shape index (κ1) is 19.3. The van der Waals surface area contributed by atoms with Crippen molar-refractivity contribution in [3.63, 3.8) is 0 Å². The van der Waals surface area contributed by atoms with E-state index in [1.54, 1.807) is 24.3 Å². The maximum atomic E-state index is 11.8. The van der Waals surface area contributed by atoms with Gasteiger partial charge < -0.3 is 20.2 Å². The molecule has 0 saturated carbocycles. The molecule has 8 heteroatoms. The predicted molar refractivity (Wildman–Crippen MR) is 101 cm³/mol. The minimum atomic E-state index is -0.551. The summed E-state index contributed by atoms with van der Waals surface area (Å²) in [5.41, 5.74) is 2.08. The van der Waals surface area contributed by atoms with E-state index in [4.69, 9.17) is 21.2 Å². The Morgan fingerprint density at radius 1 is 1.19 bits per heavy atom. The Morgan fingerprint density at radius 3 is 2.73 bits per heavy atom. The lowest BCUT2D eigenvalue weighted by Gasteiger charge is -2.08. The first-order valence-electron chi connectivity index (χ1n) is 7.64. The Morgan fingerprint density at radius 2 is 2.00 bits per heavy atom. The van der Waals surface area contributed by atoms with E-state index in [9.17, 15) is 9.59 Å². The van der Waals surface area contributed by atoms with Crippen molar-refractivity contribution in [2.75, 3.05) is 24.4 Å². The van der Waals surface area contributed by atoms with Gasteiger partial charge in [0.1, 0.15) is 12.0 Å². The number of oxime groups is 1. The molecule has 0 spiro atoms. The molecule has 0 unspecified atom stereocenters. The topological polar surface area (TPSA) is 89.0 Å². The van der Waals surface area contributed by atoms with E-state index >= 15 is 0 Å². The molecule has 0 heterocycles. The molecule has 2 aromatic carbocycles. The number of carbonyl (C=O) groups excluding carboxylic acids is 2. The molecular formula is C18H18ClN3O4. The molecular weight excluding hydrogens is 358 g/mol. The van der Waals surface area contributed by atoms with Crippen LogP contribution in [-0.2, 0) is 14.4 Å². The fourth-order valence-corrected chi connectivity index (χ4v) is 2.22. The lowest BCUT2D eigenvalue weighted by atomic mass is 10.2. The molecule has 2 amide bonds. The van der Waals surface area contributed by atoms with Crippen molar-refractivity contribution < 1.29 is 19.2 Å². The van der Waals surface area contributed by atoms with Gasteiger partial charge in [0.15, 0.2) is 6.61 Å². The summed E-state index contributed by atoms with van der Waals surface area (Å²) in [7, 11) is 1.48. The number of hydrogen-bond acceptors (Lipinski definition) is 5. The van der Waals surface area contributed by atoms with E-state index in [0.29, 0.717) is 22.1 Å². The van der Waals surface area contributed by atoms with Crippen LogP contribution in [0.25, 0.3) is 0 Å². The van der Waals surface area contributed by atoms with Crippen LogP contribution >= 0.6 is 11.6 Å². The van der Waals surface area contributed by atoms with Crippen LogP contribution in [0.1, 0.15) is 5.56 Å². The van der Waals surface area contributed by atoms with Crippen molar-refractivity contribution >= 4 is 41.0 Å². The van der Waals surface area contributed by atoms with Crippen LogP contribution in [0.3, 0.4) is 0 Å². The monoisotopic (exact) mass is 375 g/mol. The van der Waals surface area contributed by atoms with Gasteiger partial charge in [-0.3, -0.25) is 9.59 Å². The Balaban J connectivity index is 1.80. The predicted octanol–water partition coefficient (Wildman–Crippen LogP) is 3.24. The molecule has 0 aliphatic heterocycles. The van der Waals surface area contributed by atoms with Crippen molar-refractivity contribution in [3.8, 4) is 5.75 Å². The molecule has 0 radical (unpaired) electrons. The highest BCUT2D eigenvalue weighted by Crippen LogP contribution is 2.27. The summed E-state index contributed by atoms with van der Waals surface area (Å²) < 4.78 is 5.12. The zero-order valence-corrected chi connectivity index (χ0v) is 15.0. The zero-order valence-electron chi connectivity index (χ0n) is 14.3. The first-order valence-corrected chi connectivity index (χ1v) is 8.02. The highest BCUT2D eigenvalue weighted by Gasteiger charge is 2.07. The van der Waals surface area contributed by atoms with Crippen LogP contribution in [-0.4, -0.2) is 31.7 Å². The minimum Gasteiger partial charge on any atom is -0.495 e. The molecule has 2 N–H and O–H groups in total. The largest absolute Gasteiger partial charge is 0.495 e. The van der Waals surface area contributed by atoms with Gasteiger partial charge in [0.25, 0.3) is 11.8 Å². The lowest BCUT2D eigenvalue weighted by Crippen LogP contribution is -2.18. The minimum absolute atomic E-state index is 0.321. The number of benzene rings is 2. The summed E-state index contributed by atoms with van der Waals surface area (Å²) in [4.78, 5) is 28.4. The molecule has 0 aromatic heterocycles. The quantitative estimate of drug-likeness (QED) is 0.574. The second-order valence-corrected chi connectivity index (χ2v) is 5.70. The normalized spacial score (nSPS) is 10.4. The number of carbonyl (C=O) groups is 2. The van der Waals surface area contributed by atoms with Gasteiger partial charge in [-0.25, -0.2) is 0 Å². The molecule has 0 atom stereocenters. The van der Waals surface area contributed by atoms with Gasteiger partial charge in [-0.15, -0.1) is 0 Å². The van der Waals surface area contributed by atoms with E-state index in [-0.39, 0.29) is 12.5 Å². The number of aryl methyl sites for hydroxylation is 1. The molecule has 2 aromatic rings. The number of ether oxygens (including phenoxy) is 1. The second kappa shape index (κ2) is 9.43. The van der Waals surface area contributed by atoms with E-state index in [1.807, 2.05) is 25.1 Å². The van der Waals surface area contributed by atoms with Crippen LogP contribution in [0.15, 0.2) is 47.6 Å². The maximum absolute atomic E-state index is 11.8. The summed E-state index contributed by atoms with van der Waals surface area (Å²) in [6.45, 7) is 1.60. The highest BCUT2D eigenvalue weighted by molar-refractivity contribution is 6.33. The second-order valence-electron chi connectivity index (χ2n) is 5.26. The SMILES string of the molecule is COc1ccc(Cl)cc1NC(=O)/C=N\OCC(=O)Nc1cccc(C)c1. The molecule has 136 valence electrons. The van der Waals surface area contributed by atoms with E-state index in [1.165, 1.54) is 7.11 Å². The van der Waals surface area contributed by atoms with Crippen molar-refractivity contribution in [3.05, 3.63) is 53.1 Å². The molecule has 26 heavy (non-hydrogen) atoms. The molecule has 0 aliphatic rings. The third-order valence-electron chi connectivity index (χ3n) is 3.16. The molecule has 0 fully saturated rings. The zero-order chi connectivity index (χ0) is 18.9. The maximum Gasteiger partial charge on any atom is 0.270 e. The molecule has 2 rings (SSSR count). The van der Waals surface area contributed by atoms with E-state index < -0.39 is 5.91 Å². The van der Waals surface area contributed by atoms with Crippen LogP contribution in [0.5, 0.6) is 5.75 Å². The number of nitrogens with one attached hydrogen (secondary N) is 2. The summed E-state index contributed by atoms with van der Waals surface area (Å²) in [6.07, 6.45) is 0.917. The van der Waals surface area contributed by atoms with Crippen LogP contribution in [0.2, 0.25) is 5.02 Å². The third-order valence-corrected chi connectivity index (χ3v) is 3.40. The summed E-state index contributed by atoms with van der Waals surface area (Å²) in [6, 6.07) is 12.2. The summed E-state index contributed by atoms with van der Waals surface area (Å²) in [5, 5.41) is 9.14. The smallest absolute Gasteiger partial charge is 0.270 e. The van der Waals surface area contributed by atoms with E-state index in [2.05, 4.69) is 15.8 Å². The first-order chi connectivity index (χ1) is 12.5. The Labute approximate surface area is 155 Å². The van der Waals surface area contributed by atoms with Gasteiger partial charge in [0, 0.05) is 10.7 Å². The summed E-state index contributed by atoms with van der Waals surface area (Å²) in [5.74, 6) is -0.482. The number of nitrogens with zero attached hydrogens (tertiary/aromatic N) is 1. The van der Waals surface area contributed by atoms with Crippen molar-refractivity contribution in [2.24, 2.45) is 5.16 Å². The number of hydrogen-bond donors (Lipinski definition) is 2. The number of methoxy groups -OCH3 is 1. The van der Waals surface area contributed by atoms with Gasteiger partial charge in [-0.05, 0) is 42.8 Å². The Bertz CT molecular complexity index is 824. The van der Waals surface area contributed by atoms with Crippen molar-refractivity contribution in [1.82, 2.24) is 0 Å². The number of amides is 2. The fourth-order valence-electron chi connectivity index (χ4n) is 2.04. The van der Waals surface area contributed by atoms with Gasteiger partial charge in [-0.1, -0.05) is 28.9 Å². The standard InChI is InChI=1S/C18H18ClN3O4/c1-12-4-3-5-14(8-12)21-18(24)11-26-20-10-17(23)22-15-9-13(19)6-7-16(15)25-2/h3-10H,11H2,1-2H3,(H,21,24)(H,22,23)/b20-10-. The molecule has 7 nitrogen and oxygen atoms in total. The Kier molecular flexibility index (Phi) is 6.99. The Hall–Kier alpha value is -3.06. The number of halogens is 1. The number of rotatable bonds is 7. The fraction of sp³-hybridized carbons (Fsp3) is 0.167. The highest BCUT2D eigenvalue weighted by atomic mass is 35.5. The average molecular weight is 376 g/mol. The third kappa shape index (κ3) is 6.10. The van der Waals surface area contributed by atoms with Crippen molar-refractivity contribution in [1.29, 1.82) is 0 Å². The van der Waals surface area contributed by atoms with E-state index in [0.717, 1.165) is 11.8 Å². The van der Waals surface area contributed by atoms with Crippen LogP contribution in [0, 0.1) is 6.92 Å². The summed E-state index contributed by atoms with van der Waals surface area (Å²) >= 11 is 5.89.